The van der Waals surface area contributed by atoms with Gasteiger partial charge in [0.15, 0.2) is 0 Å². The summed E-state index contributed by atoms with van der Waals surface area (Å²) in [7, 11) is 0. The Hall–Kier alpha value is -3.76. The Kier molecular flexibility index (Phi) is 6.50. The van der Waals surface area contributed by atoms with Gasteiger partial charge in [-0.05, 0) is 30.7 Å². The number of aliphatic hydroxyl groups is 1. The van der Waals surface area contributed by atoms with Crippen molar-refractivity contribution < 1.29 is 9.84 Å². The lowest BCUT2D eigenvalue weighted by atomic mass is 10.2. The standard InChI is InChI=1S/C24H28N8O2/c1-17-26-20-8-7-19(15-21(20)32(17)16-18-5-3-2-4-6-18)27-23-28-22(25-9-12-33)29-24(30-23)31-10-13-34-14-11-31/h2-8,15,33H,9-14,16H2,1H3,(H2,25,27,28,29,30). The Morgan fingerprint density at radius 2 is 1.76 bits per heavy atom. The molecule has 10 heteroatoms. The highest BCUT2D eigenvalue weighted by atomic mass is 16.5. The molecule has 34 heavy (non-hydrogen) atoms. The third kappa shape index (κ3) is 4.92. The maximum Gasteiger partial charge on any atom is 0.233 e. The van der Waals surface area contributed by atoms with Crippen LogP contribution in [0.25, 0.3) is 11.0 Å². The Labute approximate surface area is 197 Å². The number of benzene rings is 2. The third-order valence-corrected chi connectivity index (χ3v) is 5.69. The van der Waals surface area contributed by atoms with Crippen LogP contribution in [0.1, 0.15) is 11.4 Å². The van der Waals surface area contributed by atoms with Crippen molar-refractivity contribution in [2.45, 2.75) is 13.5 Å². The monoisotopic (exact) mass is 460 g/mol. The van der Waals surface area contributed by atoms with Crippen LogP contribution in [0.15, 0.2) is 48.5 Å². The van der Waals surface area contributed by atoms with Crippen molar-refractivity contribution in [2.24, 2.45) is 0 Å². The molecule has 1 saturated heterocycles. The van der Waals surface area contributed by atoms with Crippen molar-refractivity contribution in [3.05, 3.63) is 59.9 Å². The number of aryl methyl sites for hydroxylation is 1. The van der Waals surface area contributed by atoms with Gasteiger partial charge in [0.1, 0.15) is 5.82 Å². The molecule has 0 unspecified atom stereocenters. The van der Waals surface area contributed by atoms with Crippen LogP contribution in [0.2, 0.25) is 0 Å². The van der Waals surface area contributed by atoms with E-state index in [1.807, 2.05) is 37.3 Å². The van der Waals surface area contributed by atoms with Crippen LogP contribution in [0, 0.1) is 6.92 Å². The average Bonchev–Trinajstić information content (AvgIpc) is 3.18. The molecule has 3 heterocycles. The minimum atomic E-state index is -0.0112. The van der Waals surface area contributed by atoms with Gasteiger partial charge in [-0.3, -0.25) is 0 Å². The predicted molar refractivity (Wildman–Crippen MR) is 132 cm³/mol. The van der Waals surface area contributed by atoms with Crippen molar-refractivity contribution >= 4 is 34.6 Å². The highest BCUT2D eigenvalue weighted by Gasteiger charge is 2.17. The van der Waals surface area contributed by atoms with E-state index in [1.165, 1.54) is 5.56 Å². The molecular formula is C24H28N8O2. The molecule has 0 amide bonds. The smallest absolute Gasteiger partial charge is 0.233 e. The van der Waals surface area contributed by atoms with Gasteiger partial charge in [0.05, 0.1) is 30.9 Å². The van der Waals surface area contributed by atoms with Crippen LogP contribution >= 0.6 is 0 Å². The van der Waals surface area contributed by atoms with E-state index in [2.05, 4.69) is 53.3 Å². The van der Waals surface area contributed by atoms with E-state index in [-0.39, 0.29) is 6.61 Å². The first kappa shape index (κ1) is 22.1. The van der Waals surface area contributed by atoms with Crippen LogP contribution in [-0.2, 0) is 11.3 Å². The highest BCUT2D eigenvalue weighted by Crippen LogP contribution is 2.24. The van der Waals surface area contributed by atoms with E-state index in [1.54, 1.807) is 0 Å². The van der Waals surface area contributed by atoms with Crippen LogP contribution in [-0.4, -0.2) is 69.1 Å². The van der Waals surface area contributed by atoms with Gasteiger partial charge in [-0.2, -0.15) is 15.0 Å². The van der Waals surface area contributed by atoms with Crippen LogP contribution in [0.4, 0.5) is 23.5 Å². The number of aliphatic hydroxyl groups excluding tert-OH is 1. The summed E-state index contributed by atoms with van der Waals surface area (Å²) in [6, 6.07) is 16.4. The molecule has 0 spiro atoms. The first-order chi connectivity index (χ1) is 16.7. The van der Waals surface area contributed by atoms with E-state index >= 15 is 0 Å². The summed E-state index contributed by atoms with van der Waals surface area (Å²) in [6.45, 7) is 5.81. The van der Waals surface area contributed by atoms with Gasteiger partial charge in [0.2, 0.25) is 17.8 Å². The number of nitrogens with zero attached hydrogens (tertiary/aromatic N) is 6. The van der Waals surface area contributed by atoms with Crippen molar-refractivity contribution in [1.29, 1.82) is 0 Å². The molecule has 1 fully saturated rings. The lowest BCUT2D eigenvalue weighted by Crippen LogP contribution is -2.37. The number of rotatable bonds is 8. The maximum absolute atomic E-state index is 9.20. The Morgan fingerprint density at radius 1 is 0.971 bits per heavy atom. The quantitative estimate of drug-likeness (QED) is 0.365. The fourth-order valence-corrected chi connectivity index (χ4v) is 3.99. The fourth-order valence-electron chi connectivity index (χ4n) is 3.99. The van der Waals surface area contributed by atoms with Gasteiger partial charge in [-0.15, -0.1) is 0 Å². The maximum atomic E-state index is 9.20. The summed E-state index contributed by atoms with van der Waals surface area (Å²) >= 11 is 0. The summed E-state index contributed by atoms with van der Waals surface area (Å²) in [4.78, 5) is 20.5. The lowest BCUT2D eigenvalue weighted by Gasteiger charge is -2.27. The van der Waals surface area contributed by atoms with Crippen LogP contribution in [0.3, 0.4) is 0 Å². The summed E-state index contributed by atoms with van der Waals surface area (Å²) in [5.74, 6) is 2.38. The molecule has 0 bridgehead atoms. The number of imidazole rings is 1. The number of aromatic nitrogens is 5. The lowest BCUT2D eigenvalue weighted by molar-refractivity contribution is 0.122. The number of nitrogens with one attached hydrogen (secondary N) is 2. The van der Waals surface area contributed by atoms with Gasteiger partial charge >= 0.3 is 0 Å². The molecule has 1 aliphatic rings. The van der Waals surface area contributed by atoms with Gasteiger partial charge in [-0.25, -0.2) is 4.98 Å². The summed E-state index contributed by atoms with van der Waals surface area (Å²) < 4.78 is 7.66. The minimum absolute atomic E-state index is 0.0112. The van der Waals surface area contributed by atoms with E-state index in [4.69, 9.17) is 9.72 Å². The fraction of sp³-hybridized carbons (Fsp3) is 0.333. The Bertz CT molecular complexity index is 1250. The zero-order valence-corrected chi connectivity index (χ0v) is 19.1. The zero-order chi connectivity index (χ0) is 23.3. The number of hydrogen-bond donors (Lipinski definition) is 3. The molecule has 0 radical (unpaired) electrons. The molecule has 176 valence electrons. The molecule has 5 rings (SSSR count). The summed E-state index contributed by atoms with van der Waals surface area (Å²) in [6.07, 6.45) is 0. The van der Waals surface area contributed by atoms with Gasteiger partial charge in [0.25, 0.3) is 0 Å². The number of ether oxygens (including phenoxy) is 1. The van der Waals surface area contributed by atoms with Gasteiger partial charge < -0.3 is 29.9 Å². The number of anilines is 4. The highest BCUT2D eigenvalue weighted by molar-refractivity contribution is 5.81. The van der Waals surface area contributed by atoms with Crippen molar-refractivity contribution in [3.8, 4) is 0 Å². The Balaban J connectivity index is 1.45. The van der Waals surface area contributed by atoms with Gasteiger partial charge in [-0.1, -0.05) is 30.3 Å². The SMILES string of the molecule is Cc1nc2ccc(Nc3nc(NCCO)nc(N4CCOCC4)n3)cc2n1Cc1ccccc1. The molecule has 4 aromatic rings. The molecular weight excluding hydrogens is 432 g/mol. The van der Waals surface area contributed by atoms with Gasteiger partial charge in [0, 0.05) is 31.9 Å². The number of morpholine rings is 1. The molecule has 3 N–H and O–H groups in total. The topological polar surface area (TPSA) is 113 Å². The van der Waals surface area contributed by atoms with E-state index in [0.29, 0.717) is 50.7 Å². The predicted octanol–water partition coefficient (Wildman–Crippen LogP) is 2.56. The van der Waals surface area contributed by atoms with Crippen molar-refractivity contribution in [2.75, 3.05) is 55.0 Å². The van der Waals surface area contributed by atoms with Crippen molar-refractivity contribution in [1.82, 2.24) is 24.5 Å². The number of hydrogen-bond acceptors (Lipinski definition) is 9. The van der Waals surface area contributed by atoms with E-state index < -0.39 is 0 Å². The Morgan fingerprint density at radius 3 is 2.56 bits per heavy atom. The second-order valence-corrected chi connectivity index (χ2v) is 8.09. The van der Waals surface area contributed by atoms with E-state index in [0.717, 1.165) is 29.1 Å². The molecule has 10 nitrogen and oxygen atoms in total. The third-order valence-electron chi connectivity index (χ3n) is 5.69. The largest absolute Gasteiger partial charge is 0.395 e. The summed E-state index contributed by atoms with van der Waals surface area (Å²) in [5, 5.41) is 15.6. The second kappa shape index (κ2) is 10.0. The molecule has 0 aliphatic carbocycles. The molecule has 2 aromatic heterocycles. The molecule has 0 atom stereocenters. The van der Waals surface area contributed by atoms with Crippen LogP contribution < -0.4 is 15.5 Å². The van der Waals surface area contributed by atoms with Crippen molar-refractivity contribution in [3.63, 3.8) is 0 Å². The number of fused-ring (bicyclic) bond motifs is 1. The zero-order valence-electron chi connectivity index (χ0n) is 19.1. The summed E-state index contributed by atoms with van der Waals surface area (Å²) in [5.41, 5.74) is 4.05. The average molecular weight is 461 g/mol. The molecule has 1 aliphatic heterocycles. The normalized spacial score (nSPS) is 13.9. The van der Waals surface area contributed by atoms with E-state index in [9.17, 15) is 5.11 Å². The second-order valence-electron chi connectivity index (χ2n) is 8.09. The van der Waals surface area contributed by atoms with Crippen LogP contribution in [0.5, 0.6) is 0 Å². The first-order valence-electron chi connectivity index (χ1n) is 11.4. The first-order valence-corrected chi connectivity index (χ1v) is 11.4. The molecule has 0 saturated carbocycles. The minimum Gasteiger partial charge on any atom is -0.395 e. The molecule has 2 aromatic carbocycles.